The fourth-order valence-electron chi connectivity index (χ4n) is 1.54. The van der Waals surface area contributed by atoms with Gasteiger partial charge < -0.3 is 10.2 Å². The Morgan fingerprint density at radius 2 is 1.93 bits per heavy atom. The number of piperazine rings is 1. The molecule has 0 unspecified atom stereocenters. The van der Waals surface area contributed by atoms with Crippen molar-refractivity contribution >= 4 is 11.8 Å². The second-order valence-corrected chi connectivity index (χ2v) is 3.55. The zero-order valence-electron chi connectivity index (χ0n) is 8.79. The van der Waals surface area contributed by atoms with E-state index in [1.807, 2.05) is 10.3 Å². The second-order valence-electron chi connectivity index (χ2n) is 3.55. The third-order valence-corrected chi connectivity index (χ3v) is 2.43. The van der Waals surface area contributed by atoms with Gasteiger partial charge in [0, 0.05) is 39.0 Å². The Balaban J connectivity index is 2.14. The Morgan fingerprint density at radius 1 is 1.27 bits per heavy atom. The van der Waals surface area contributed by atoms with Crippen LogP contribution in [-0.4, -0.2) is 42.9 Å². The van der Waals surface area contributed by atoms with Crippen molar-refractivity contribution in [3.63, 3.8) is 0 Å². The van der Waals surface area contributed by atoms with Crippen molar-refractivity contribution in [1.82, 2.24) is 15.6 Å². The second kappa shape index (κ2) is 6.36. The zero-order chi connectivity index (χ0) is 11.1. The van der Waals surface area contributed by atoms with Gasteiger partial charge in [0.15, 0.2) is 0 Å². The third kappa shape index (κ3) is 4.26. The molecule has 6 nitrogen and oxygen atoms in total. The van der Waals surface area contributed by atoms with E-state index in [0.29, 0.717) is 19.3 Å². The standard InChI is InChI=1S/C9H18N4O2/c10-12-8(14)2-1-3-9(15)13-6-4-11-5-7-13/h11H,1-7,10H2,(H,12,14). The Kier molecular flexibility index (Phi) is 5.06. The van der Waals surface area contributed by atoms with E-state index in [4.69, 9.17) is 5.84 Å². The van der Waals surface area contributed by atoms with Crippen LogP contribution >= 0.6 is 0 Å². The van der Waals surface area contributed by atoms with E-state index in [1.54, 1.807) is 0 Å². The molecule has 15 heavy (non-hydrogen) atoms. The highest BCUT2D eigenvalue weighted by molar-refractivity contribution is 5.78. The van der Waals surface area contributed by atoms with Crippen molar-refractivity contribution in [3.8, 4) is 0 Å². The largest absolute Gasteiger partial charge is 0.340 e. The van der Waals surface area contributed by atoms with Crippen LogP contribution in [-0.2, 0) is 9.59 Å². The van der Waals surface area contributed by atoms with Gasteiger partial charge in [-0.1, -0.05) is 0 Å². The fraction of sp³-hybridized carbons (Fsp3) is 0.778. The molecular weight excluding hydrogens is 196 g/mol. The number of carbonyl (C=O) groups is 2. The van der Waals surface area contributed by atoms with E-state index in [9.17, 15) is 9.59 Å². The number of carbonyl (C=O) groups excluding carboxylic acids is 2. The number of nitrogens with one attached hydrogen (secondary N) is 2. The first-order chi connectivity index (χ1) is 7.24. The highest BCUT2D eigenvalue weighted by Crippen LogP contribution is 2.02. The summed E-state index contributed by atoms with van der Waals surface area (Å²) in [4.78, 5) is 24.2. The highest BCUT2D eigenvalue weighted by Gasteiger charge is 2.15. The molecule has 0 aromatic rings. The van der Waals surface area contributed by atoms with E-state index in [1.165, 1.54) is 0 Å². The minimum absolute atomic E-state index is 0.126. The number of nitrogens with two attached hydrogens (primary N) is 1. The molecule has 1 saturated heterocycles. The molecule has 1 heterocycles. The molecule has 4 N–H and O–H groups in total. The maximum atomic E-state index is 11.6. The van der Waals surface area contributed by atoms with E-state index in [-0.39, 0.29) is 11.8 Å². The molecule has 1 aliphatic heterocycles. The van der Waals surface area contributed by atoms with Crippen LogP contribution in [0.2, 0.25) is 0 Å². The van der Waals surface area contributed by atoms with Gasteiger partial charge >= 0.3 is 0 Å². The molecule has 0 spiro atoms. The maximum absolute atomic E-state index is 11.6. The Morgan fingerprint density at radius 3 is 2.53 bits per heavy atom. The molecule has 0 radical (unpaired) electrons. The van der Waals surface area contributed by atoms with Crippen LogP contribution in [0.4, 0.5) is 0 Å². The number of hydrogen-bond acceptors (Lipinski definition) is 4. The predicted octanol–water partition coefficient (Wildman–Crippen LogP) is -1.42. The van der Waals surface area contributed by atoms with E-state index >= 15 is 0 Å². The van der Waals surface area contributed by atoms with Crippen molar-refractivity contribution in [2.45, 2.75) is 19.3 Å². The predicted molar refractivity (Wildman–Crippen MR) is 55.6 cm³/mol. The average Bonchev–Trinajstić information content (AvgIpc) is 2.29. The lowest BCUT2D eigenvalue weighted by molar-refractivity contribution is -0.132. The van der Waals surface area contributed by atoms with Gasteiger partial charge in [0.25, 0.3) is 0 Å². The fourth-order valence-corrected chi connectivity index (χ4v) is 1.54. The first-order valence-electron chi connectivity index (χ1n) is 5.22. The summed E-state index contributed by atoms with van der Waals surface area (Å²) < 4.78 is 0. The monoisotopic (exact) mass is 214 g/mol. The zero-order valence-corrected chi connectivity index (χ0v) is 8.79. The van der Waals surface area contributed by atoms with Gasteiger partial charge in [0.1, 0.15) is 0 Å². The molecule has 0 aromatic carbocycles. The van der Waals surface area contributed by atoms with Crippen molar-refractivity contribution in [1.29, 1.82) is 0 Å². The minimum atomic E-state index is -0.219. The van der Waals surface area contributed by atoms with Gasteiger partial charge in [0.05, 0.1) is 0 Å². The van der Waals surface area contributed by atoms with Crippen LogP contribution in [0.5, 0.6) is 0 Å². The molecule has 0 aliphatic carbocycles. The molecule has 6 heteroatoms. The number of amides is 2. The lowest BCUT2D eigenvalue weighted by Gasteiger charge is -2.27. The number of hydrazine groups is 1. The quantitative estimate of drug-likeness (QED) is 0.304. The molecular formula is C9H18N4O2. The number of nitrogens with zero attached hydrogens (tertiary/aromatic N) is 1. The number of hydrogen-bond donors (Lipinski definition) is 3. The lowest BCUT2D eigenvalue weighted by atomic mass is 10.2. The van der Waals surface area contributed by atoms with Gasteiger partial charge in [-0.05, 0) is 6.42 Å². The minimum Gasteiger partial charge on any atom is -0.340 e. The van der Waals surface area contributed by atoms with Gasteiger partial charge in [-0.3, -0.25) is 15.0 Å². The van der Waals surface area contributed by atoms with Crippen LogP contribution in [0.15, 0.2) is 0 Å². The normalized spacial score (nSPS) is 16.2. The molecule has 0 atom stereocenters. The van der Waals surface area contributed by atoms with Crippen LogP contribution in [0.25, 0.3) is 0 Å². The van der Waals surface area contributed by atoms with Crippen LogP contribution in [0.1, 0.15) is 19.3 Å². The van der Waals surface area contributed by atoms with Crippen molar-refractivity contribution in [2.24, 2.45) is 5.84 Å². The first kappa shape index (κ1) is 11.9. The molecule has 1 aliphatic rings. The molecule has 2 amide bonds. The smallest absolute Gasteiger partial charge is 0.233 e. The summed E-state index contributed by atoms with van der Waals surface area (Å²) in [6.07, 6.45) is 1.30. The molecule has 1 rings (SSSR count). The summed E-state index contributed by atoms with van der Waals surface area (Å²) in [5.41, 5.74) is 2.04. The summed E-state index contributed by atoms with van der Waals surface area (Å²) in [6, 6.07) is 0. The first-order valence-corrected chi connectivity index (χ1v) is 5.22. The average molecular weight is 214 g/mol. The Labute approximate surface area is 89.1 Å². The molecule has 86 valence electrons. The Hall–Kier alpha value is -1.14. The summed E-state index contributed by atoms with van der Waals surface area (Å²) in [6.45, 7) is 3.24. The van der Waals surface area contributed by atoms with Crippen LogP contribution in [0, 0.1) is 0 Å². The summed E-state index contributed by atoms with van der Waals surface area (Å²) in [5.74, 6) is 4.84. The summed E-state index contributed by atoms with van der Waals surface area (Å²) in [5, 5.41) is 3.18. The maximum Gasteiger partial charge on any atom is 0.233 e. The van der Waals surface area contributed by atoms with E-state index in [0.717, 1.165) is 26.2 Å². The van der Waals surface area contributed by atoms with Crippen LogP contribution in [0.3, 0.4) is 0 Å². The highest BCUT2D eigenvalue weighted by atomic mass is 16.2. The van der Waals surface area contributed by atoms with Gasteiger partial charge in [-0.25, -0.2) is 5.84 Å². The molecule has 0 aromatic heterocycles. The molecule has 1 fully saturated rings. The number of rotatable bonds is 4. The topological polar surface area (TPSA) is 87.5 Å². The SMILES string of the molecule is NNC(=O)CCCC(=O)N1CCNCC1. The van der Waals surface area contributed by atoms with Gasteiger partial charge in [-0.2, -0.15) is 0 Å². The summed E-state index contributed by atoms with van der Waals surface area (Å²) in [7, 11) is 0. The van der Waals surface area contributed by atoms with Crippen molar-refractivity contribution < 1.29 is 9.59 Å². The third-order valence-electron chi connectivity index (χ3n) is 2.43. The van der Waals surface area contributed by atoms with Crippen LogP contribution < -0.4 is 16.6 Å². The van der Waals surface area contributed by atoms with Crippen molar-refractivity contribution in [3.05, 3.63) is 0 Å². The Bertz CT molecular complexity index is 226. The lowest BCUT2D eigenvalue weighted by Crippen LogP contribution is -2.46. The van der Waals surface area contributed by atoms with Crippen molar-refractivity contribution in [2.75, 3.05) is 26.2 Å². The molecule has 0 saturated carbocycles. The van der Waals surface area contributed by atoms with E-state index < -0.39 is 0 Å². The summed E-state index contributed by atoms with van der Waals surface area (Å²) >= 11 is 0. The molecule has 0 bridgehead atoms. The van der Waals surface area contributed by atoms with Gasteiger partial charge in [0.2, 0.25) is 11.8 Å². The van der Waals surface area contributed by atoms with Gasteiger partial charge in [-0.15, -0.1) is 0 Å². The van der Waals surface area contributed by atoms with E-state index in [2.05, 4.69) is 5.32 Å².